The van der Waals surface area contributed by atoms with Gasteiger partial charge in [0.15, 0.2) is 5.75 Å². The third kappa shape index (κ3) is 2.78. The van der Waals surface area contributed by atoms with Crippen LogP contribution >= 0.6 is 11.6 Å². The molecule has 2 aromatic rings. The van der Waals surface area contributed by atoms with E-state index in [1.54, 1.807) is 24.1 Å². The summed E-state index contributed by atoms with van der Waals surface area (Å²) in [4.78, 5) is 0. The van der Waals surface area contributed by atoms with Gasteiger partial charge in [0.05, 0.1) is 24.4 Å². The number of hydrogen-bond acceptors (Lipinski definition) is 3. The van der Waals surface area contributed by atoms with Crippen molar-refractivity contribution < 1.29 is 9.13 Å². The van der Waals surface area contributed by atoms with E-state index in [1.165, 1.54) is 12.1 Å². The first-order valence-electron chi connectivity index (χ1n) is 6.38. The minimum absolute atomic E-state index is 0.0541. The lowest BCUT2D eigenvalue weighted by atomic mass is 10.0. The minimum Gasteiger partial charge on any atom is -0.493 e. The van der Waals surface area contributed by atoms with Crippen LogP contribution in [0.1, 0.15) is 30.6 Å². The quantitative estimate of drug-likeness (QED) is 0.922. The monoisotopic (exact) mass is 297 g/mol. The molecular weight excluding hydrogens is 281 g/mol. The van der Waals surface area contributed by atoms with Gasteiger partial charge < -0.3 is 10.5 Å². The molecule has 1 heterocycles. The fourth-order valence-electron chi connectivity index (χ4n) is 2.10. The van der Waals surface area contributed by atoms with Crippen molar-refractivity contribution in [1.82, 2.24) is 9.78 Å². The molecule has 1 aromatic heterocycles. The van der Waals surface area contributed by atoms with Gasteiger partial charge in [-0.3, -0.25) is 4.68 Å². The van der Waals surface area contributed by atoms with Crippen molar-refractivity contribution in [2.24, 2.45) is 5.73 Å². The van der Waals surface area contributed by atoms with Crippen molar-refractivity contribution in [2.45, 2.75) is 25.9 Å². The van der Waals surface area contributed by atoms with Gasteiger partial charge in [-0.15, -0.1) is 0 Å². The highest BCUT2D eigenvalue weighted by Crippen LogP contribution is 2.30. The molecule has 0 radical (unpaired) electrons. The first-order chi connectivity index (χ1) is 9.58. The largest absolute Gasteiger partial charge is 0.493 e. The normalized spacial score (nSPS) is 12.4. The first-order valence-corrected chi connectivity index (χ1v) is 6.76. The van der Waals surface area contributed by atoms with E-state index in [0.717, 1.165) is 18.7 Å². The summed E-state index contributed by atoms with van der Waals surface area (Å²) in [7, 11) is 1.57. The molecule has 0 aliphatic carbocycles. The Morgan fingerprint density at radius 3 is 2.85 bits per heavy atom. The fourth-order valence-corrected chi connectivity index (χ4v) is 2.29. The van der Waals surface area contributed by atoms with E-state index in [4.69, 9.17) is 22.1 Å². The molecule has 0 fully saturated rings. The van der Waals surface area contributed by atoms with Crippen molar-refractivity contribution in [3.8, 4) is 5.75 Å². The molecule has 0 spiro atoms. The topological polar surface area (TPSA) is 53.1 Å². The second-order valence-corrected chi connectivity index (χ2v) is 4.88. The first kappa shape index (κ1) is 14.8. The van der Waals surface area contributed by atoms with E-state index in [0.29, 0.717) is 11.3 Å². The Bertz CT molecular complexity index is 600. The highest BCUT2D eigenvalue weighted by molar-refractivity contribution is 6.30. The maximum absolute atomic E-state index is 13.2. The standard InChI is InChI=1S/C14H17ClFN3O/c1-3-6-19-14(12(20-2)8-18-19)13(17)9-4-5-11(16)10(15)7-9/h4-5,7-8,13H,3,6,17H2,1-2H3. The summed E-state index contributed by atoms with van der Waals surface area (Å²) in [6.45, 7) is 2.79. The molecule has 0 saturated heterocycles. The molecule has 2 N–H and O–H groups in total. The molecule has 4 nitrogen and oxygen atoms in total. The highest BCUT2D eigenvalue weighted by atomic mass is 35.5. The van der Waals surface area contributed by atoms with Crippen LogP contribution in [0.25, 0.3) is 0 Å². The van der Waals surface area contributed by atoms with Crippen molar-refractivity contribution in [3.63, 3.8) is 0 Å². The molecule has 0 aliphatic heterocycles. The van der Waals surface area contributed by atoms with Crippen LogP contribution in [0, 0.1) is 5.82 Å². The average molecular weight is 298 g/mol. The number of hydrogen-bond donors (Lipinski definition) is 1. The van der Waals surface area contributed by atoms with Gasteiger partial charge in [-0.2, -0.15) is 5.10 Å². The van der Waals surface area contributed by atoms with Crippen molar-refractivity contribution in [1.29, 1.82) is 0 Å². The number of aromatic nitrogens is 2. The molecule has 6 heteroatoms. The second kappa shape index (κ2) is 6.24. The zero-order valence-corrected chi connectivity index (χ0v) is 12.2. The smallest absolute Gasteiger partial charge is 0.161 e. The Balaban J connectivity index is 2.43. The number of halogens is 2. The molecule has 20 heavy (non-hydrogen) atoms. The van der Waals surface area contributed by atoms with Gasteiger partial charge in [0.2, 0.25) is 0 Å². The molecule has 0 bridgehead atoms. The summed E-state index contributed by atoms with van der Waals surface area (Å²) < 4.78 is 20.3. The number of rotatable bonds is 5. The maximum Gasteiger partial charge on any atom is 0.161 e. The van der Waals surface area contributed by atoms with E-state index >= 15 is 0 Å². The Labute approximate surface area is 122 Å². The zero-order chi connectivity index (χ0) is 14.7. The SMILES string of the molecule is CCCn1ncc(OC)c1C(N)c1ccc(F)c(Cl)c1. The van der Waals surface area contributed by atoms with Gasteiger partial charge in [0, 0.05) is 6.54 Å². The molecule has 0 aliphatic rings. The summed E-state index contributed by atoms with van der Waals surface area (Å²) in [5.41, 5.74) is 7.74. The Hall–Kier alpha value is -1.59. The van der Waals surface area contributed by atoms with Crippen LogP contribution in [0.4, 0.5) is 4.39 Å². The van der Waals surface area contributed by atoms with Gasteiger partial charge in [-0.1, -0.05) is 24.6 Å². The zero-order valence-electron chi connectivity index (χ0n) is 11.4. The molecule has 0 amide bonds. The van der Waals surface area contributed by atoms with E-state index in [9.17, 15) is 4.39 Å². The average Bonchev–Trinajstić information content (AvgIpc) is 2.84. The number of aryl methyl sites for hydroxylation is 1. The van der Waals surface area contributed by atoms with E-state index in [2.05, 4.69) is 12.0 Å². The van der Waals surface area contributed by atoms with E-state index < -0.39 is 11.9 Å². The minimum atomic E-state index is -0.475. The summed E-state index contributed by atoms with van der Waals surface area (Å²) in [5, 5.41) is 4.32. The molecule has 0 saturated carbocycles. The van der Waals surface area contributed by atoms with Crippen LogP contribution in [0.2, 0.25) is 5.02 Å². The van der Waals surface area contributed by atoms with Crippen LogP contribution < -0.4 is 10.5 Å². The number of benzene rings is 1. The van der Waals surface area contributed by atoms with Crippen LogP contribution in [-0.4, -0.2) is 16.9 Å². The number of nitrogens with two attached hydrogens (primary N) is 1. The van der Waals surface area contributed by atoms with Gasteiger partial charge in [0.25, 0.3) is 0 Å². The lowest BCUT2D eigenvalue weighted by Gasteiger charge is -2.16. The molecule has 1 atom stereocenters. The van der Waals surface area contributed by atoms with Crippen LogP contribution in [0.3, 0.4) is 0 Å². The Morgan fingerprint density at radius 1 is 1.50 bits per heavy atom. The Morgan fingerprint density at radius 2 is 2.25 bits per heavy atom. The van der Waals surface area contributed by atoms with Crippen molar-refractivity contribution in [3.05, 3.63) is 46.5 Å². The third-order valence-corrected chi connectivity index (χ3v) is 3.39. The van der Waals surface area contributed by atoms with E-state index in [1.807, 2.05) is 0 Å². The predicted molar refractivity (Wildman–Crippen MR) is 76.5 cm³/mol. The highest BCUT2D eigenvalue weighted by Gasteiger charge is 2.20. The lowest BCUT2D eigenvalue weighted by Crippen LogP contribution is -2.18. The molecule has 1 aromatic carbocycles. The number of nitrogens with zero attached hydrogens (tertiary/aromatic N) is 2. The lowest BCUT2D eigenvalue weighted by molar-refractivity contribution is 0.404. The predicted octanol–water partition coefficient (Wildman–Crippen LogP) is 3.14. The summed E-state index contributed by atoms with van der Waals surface area (Å²) in [6.07, 6.45) is 2.56. The van der Waals surface area contributed by atoms with Crippen LogP contribution in [0.15, 0.2) is 24.4 Å². The van der Waals surface area contributed by atoms with Gasteiger partial charge >= 0.3 is 0 Å². The van der Waals surface area contributed by atoms with E-state index in [-0.39, 0.29) is 5.02 Å². The summed E-state index contributed by atoms with van der Waals surface area (Å²) in [6, 6.07) is 3.99. The third-order valence-electron chi connectivity index (χ3n) is 3.10. The van der Waals surface area contributed by atoms with Crippen LogP contribution in [-0.2, 0) is 6.54 Å². The van der Waals surface area contributed by atoms with Crippen molar-refractivity contribution in [2.75, 3.05) is 7.11 Å². The van der Waals surface area contributed by atoms with Crippen molar-refractivity contribution >= 4 is 11.6 Å². The number of methoxy groups -OCH3 is 1. The van der Waals surface area contributed by atoms with Gasteiger partial charge in [0.1, 0.15) is 11.5 Å². The summed E-state index contributed by atoms with van der Waals surface area (Å²) >= 11 is 5.81. The maximum atomic E-state index is 13.2. The molecular formula is C14H17ClFN3O. The second-order valence-electron chi connectivity index (χ2n) is 4.47. The molecule has 2 rings (SSSR count). The Kier molecular flexibility index (Phi) is 4.62. The van der Waals surface area contributed by atoms with Gasteiger partial charge in [-0.05, 0) is 24.1 Å². The molecule has 1 unspecified atom stereocenters. The van der Waals surface area contributed by atoms with Crippen LogP contribution in [0.5, 0.6) is 5.75 Å². The number of ether oxygens (including phenoxy) is 1. The summed E-state index contributed by atoms with van der Waals surface area (Å²) in [5.74, 6) is 0.156. The van der Waals surface area contributed by atoms with Gasteiger partial charge in [-0.25, -0.2) is 4.39 Å². The fraction of sp³-hybridized carbons (Fsp3) is 0.357. The molecule has 108 valence electrons.